The maximum Gasteiger partial charge on any atom is 0.198 e. The molecule has 0 aliphatic carbocycles. The van der Waals surface area contributed by atoms with E-state index in [-0.39, 0.29) is 0 Å². The lowest BCUT2D eigenvalue weighted by Crippen LogP contribution is -2.53. The van der Waals surface area contributed by atoms with Crippen LogP contribution in [0.3, 0.4) is 0 Å². The van der Waals surface area contributed by atoms with E-state index in [4.69, 9.17) is 14.2 Å². The van der Waals surface area contributed by atoms with Gasteiger partial charge in [0, 0.05) is 19.6 Å². The maximum absolute atomic E-state index is 9.71. The fourth-order valence-electron chi connectivity index (χ4n) is 1.57. The number of hydrogen-bond acceptors (Lipinski definition) is 4. The summed E-state index contributed by atoms with van der Waals surface area (Å²) in [5.74, 6) is -0.832. The van der Waals surface area contributed by atoms with E-state index in [9.17, 15) is 5.11 Å². The van der Waals surface area contributed by atoms with E-state index in [1.165, 1.54) is 0 Å². The largest absolute Gasteiger partial charge is 0.385 e. The average molecular weight is 190 g/mol. The number of rotatable bonds is 4. The number of aliphatic hydroxyl groups excluding tert-OH is 1. The van der Waals surface area contributed by atoms with Gasteiger partial charge in [0.2, 0.25) is 0 Å². The number of ether oxygens (including phenoxy) is 3. The Morgan fingerprint density at radius 3 is 2.46 bits per heavy atom. The smallest absolute Gasteiger partial charge is 0.198 e. The van der Waals surface area contributed by atoms with Crippen LogP contribution in [0.4, 0.5) is 0 Å². The highest BCUT2D eigenvalue weighted by molar-refractivity contribution is 4.82. The third-order valence-electron chi connectivity index (χ3n) is 2.16. The normalized spacial score (nSPS) is 27.5. The van der Waals surface area contributed by atoms with Crippen molar-refractivity contribution in [1.82, 2.24) is 0 Å². The summed E-state index contributed by atoms with van der Waals surface area (Å²) in [6.07, 6.45) is -0.0864. The van der Waals surface area contributed by atoms with Crippen LogP contribution in [0.15, 0.2) is 0 Å². The molecule has 1 atom stereocenters. The minimum absolute atomic E-state index is 0.292. The van der Waals surface area contributed by atoms with Crippen molar-refractivity contribution in [1.29, 1.82) is 0 Å². The Hall–Kier alpha value is -0.160. The molecule has 0 unspecified atom stereocenters. The standard InChI is InChI=1S/C9H18O4/c1-3-12-9(13-4-2)5-6-11-7-8(9)10/h8,10H,3-7H2,1-2H3/t8-/m0/s1. The quantitative estimate of drug-likeness (QED) is 0.657. The molecule has 78 valence electrons. The van der Waals surface area contributed by atoms with Crippen molar-refractivity contribution in [2.24, 2.45) is 0 Å². The molecule has 1 aliphatic rings. The van der Waals surface area contributed by atoms with E-state index >= 15 is 0 Å². The molecule has 0 saturated carbocycles. The second-order valence-corrected chi connectivity index (χ2v) is 3.02. The molecule has 1 heterocycles. The molecule has 0 spiro atoms. The molecule has 0 bridgehead atoms. The Labute approximate surface area is 78.8 Å². The highest BCUT2D eigenvalue weighted by Gasteiger charge is 2.42. The fraction of sp³-hybridized carbons (Fsp3) is 1.00. The van der Waals surface area contributed by atoms with Crippen molar-refractivity contribution in [3.63, 3.8) is 0 Å². The van der Waals surface area contributed by atoms with Crippen molar-refractivity contribution >= 4 is 0 Å². The Bertz CT molecular complexity index is 137. The highest BCUT2D eigenvalue weighted by Crippen LogP contribution is 2.26. The predicted molar refractivity (Wildman–Crippen MR) is 47.4 cm³/mol. The van der Waals surface area contributed by atoms with Crippen LogP contribution in [0.1, 0.15) is 20.3 Å². The van der Waals surface area contributed by atoms with Crippen LogP contribution in [0.2, 0.25) is 0 Å². The molecule has 0 aromatic heterocycles. The van der Waals surface area contributed by atoms with Gasteiger partial charge in [-0.1, -0.05) is 0 Å². The minimum atomic E-state index is -0.832. The molecular formula is C9H18O4. The summed E-state index contributed by atoms with van der Waals surface area (Å²) in [5.41, 5.74) is 0. The van der Waals surface area contributed by atoms with Gasteiger partial charge in [-0.2, -0.15) is 0 Å². The molecule has 0 aromatic carbocycles. The minimum Gasteiger partial charge on any atom is -0.385 e. The molecule has 1 saturated heterocycles. The van der Waals surface area contributed by atoms with Gasteiger partial charge in [0.25, 0.3) is 0 Å². The molecular weight excluding hydrogens is 172 g/mol. The third-order valence-corrected chi connectivity index (χ3v) is 2.16. The molecule has 1 fully saturated rings. The zero-order valence-electron chi connectivity index (χ0n) is 8.28. The Kier molecular flexibility index (Phi) is 4.12. The van der Waals surface area contributed by atoms with Gasteiger partial charge in [0.15, 0.2) is 5.79 Å². The fourth-order valence-corrected chi connectivity index (χ4v) is 1.57. The van der Waals surface area contributed by atoms with Gasteiger partial charge < -0.3 is 19.3 Å². The van der Waals surface area contributed by atoms with E-state index in [0.29, 0.717) is 32.8 Å². The van der Waals surface area contributed by atoms with Gasteiger partial charge >= 0.3 is 0 Å². The summed E-state index contributed by atoms with van der Waals surface area (Å²) in [5, 5.41) is 9.71. The van der Waals surface area contributed by atoms with Gasteiger partial charge in [-0.3, -0.25) is 0 Å². The molecule has 1 N–H and O–H groups in total. The van der Waals surface area contributed by atoms with E-state index in [2.05, 4.69) is 0 Å². The van der Waals surface area contributed by atoms with Crippen molar-refractivity contribution < 1.29 is 19.3 Å². The van der Waals surface area contributed by atoms with Gasteiger partial charge in [0.1, 0.15) is 6.10 Å². The lowest BCUT2D eigenvalue weighted by Gasteiger charge is -2.40. The van der Waals surface area contributed by atoms with Gasteiger partial charge in [-0.15, -0.1) is 0 Å². The molecule has 0 radical (unpaired) electrons. The first kappa shape index (κ1) is 10.9. The van der Waals surface area contributed by atoms with Crippen molar-refractivity contribution in [2.75, 3.05) is 26.4 Å². The van der Waals surface area contributed by atoms with E-state index in [0.717, 1.165) is 0 Å². The second kappa shape index (κ2) is 4.91. The highest BCUT2D eigenvalue weighted by atomic mass is 16.7. The van der Waals surface area contributed by atoms with Crippen LogP contribution in [0.25, 0.3) is 0 Å². The predicted octanol–water partition coefficient (Wildman–Crippen LogP) is 0.537. The zero-order chi connectivity index (χ0) is 9.73. The van der Waals surface area contributed by atoms with E-state index in [1.54, 1.807) is 0 Å². The molecule has 0 amide bonds. The second-order valence-electron chi connectivity index (χ2n) is 3.02. The van der Waals surface area contributed by atoms with Crippen LogP contribution in [0.5, 0.6) is 0 Å². The van der Waals surface area contributed by atoms with Crippen molar-refractivity contribution in [3.05, 3.63) is 0 Å². The van der Waals surface area contributed by atoms with Crippen LogP contribution in [-0.4, -0.2) is 43.4 Å². The van der Waals surface area contributed by atoms with E-state index in [1.807, 2.05) is 13.8 Å². The average Bonchev–Trinajstić information content (AvgIpc) is 2.11. The van der Waals surface area contributed by atoms with Gasteiger partial charge in [0.05, 0.1) is 13.2 Å². The van der Waals surface area contributed by atoms with Crippen LogP contribution >= 0.6 is 0 Å². The first-order chi connectivity index (χ1) is 6.25. The van der Waals surface area contributed by atoms with E-state index < -0.39 is 11.9 Å². The van der Waals surface area contributed by atoms with Crippen molar-refractivity contribution in [2.45, 2.75) is 32.2 Å². The molecule has 0 aromatic rings. The lowest BCUT2D eigenvalue weighted by atomic mass is 10.0. The summed E-state index contributed by atoms with van der Waals surface area (Å²) in [4.78, 5) is 0. The van der Waals surface area contributed by atoms with Crippen LogP contribution in [0, 0.1) is 0 Å². The Morgan fingerprint density at radius 1 is 1.38 bits per heavy atom. The van der Waals surface area contributed by atoms with Crippen molar-refractivity contribution in [3.8, 4) is 0 Å². The first-order valence-corrected chi connectivity index (χ1v) is 4.79. The summed E-state index contributed by atoms with van der Waals surface area (Å²) >= 11 is 0. The lowest BCUT2D eigenvalue weighted by molar-refractivity contribution is -0.310. The number of hydrogen-bond donors (Lipinski definition) is 1. The van der Waals surface area contributed by atoms with Crippen LogP contribution in [-0.2, 0) is 14.2 Å². The molecule has 4 nitrogen and oxygen atoms in total. The van der Waals surface area contributed by atoms with Crippen LogP contribution < -0.4 is 0 Å². The summed E-state index contributed by atoms with van der Waals surface area (Å²) in [7, 11) is 0. The molecule has 1 rings (SSSR count). The Balaban J connectivity index is 2.61. The first-order valence-electron chi connectivity index (χ1n) is 4.79. The maximum atomic E-state index is 9.71. The third kappa shape index (κ3) is 2.40. The summed E-state index contributed by atoms with van der Waals surface area (Å²) in [6.45, 7) is 5.73. The Morgan fingerprint density at radius 2 is 2.00 bits per heavy atom. The monoisotopic (exact) mass is 190 g/mol. The summed E-state index contributed by atoms with van der Waals surface area (Å²) < 4.78 is 16.1. The molecule has 1 aliphatic heterocycles. The molecule has 13 heavy (non-hydrogen) atoms. The summed E-state index contributed by atoms with van der Waals surface area (Å²) in [6, 6.07) is 0. The number of aliphatic hydroxyl groups is 1. The zero-order valence-corrected chi connectivity index (χ0v) is 8.28. The molecule has 4 heteroatoms. The SMILES string of the molecule is CCOC1(OCC)CCOC[C@@H]1O. The van der Waals surface area contributed by atoms with Gasteiger partial charge in [-0.25, -0.2) is 0 Å². The topological polar surface area (TPSA) is 47.9 Å². The van der Waals surface area contributed by atoms with Gasteiger partial charge in [-0.05, 0) is 13.8 Å².